The van der Waals surface area contributed by atoms with Crippen molar-refractivity contribution in [2.45, 2.75) is 50.1 Å². The van der Waals surface area contributed by atoms with Gasteiger partial charge >= 0.3 is 0 Å². The van der Waals surface area contributed by atoms with Gasteiger partial charge in [-0.3, -0.25) is 14.4 Å². The van der Waals surface area contributed by atoms with Gasteiger partial charge in [0.15, 0.2) is 0 Å². The molecular formula is C23H24ClF2N5O3S. The number of nitrogens with one attached hydrogen (secondary N) is 3. The summed E-state index contributed by atoms with van der Waals surface area (Å²) in [6, 6.07) is 1.56. The Bertz CT molecular complexity index is 1220. The Kier molecular flexibility index (Phi) is 6.21. The number of halogens is 3. The van der Waals surface area contributed by atoms with E-state index < -0.39 is 54.0 Å². The second-order valence-corrected chi connectivity index (χ2v) is 11.0. The van der Waals surface area contributed by atoms with E-state index in [9.17, 15) is 28.4 Å². The second-order valence-electron chi connectivity index (χ2n) is 9.65. The van der Waals surface area contributed by atoms with E-state index in [1.165, 1.54) is 16.2 Å². The summed E-state index contributed by atoms with van der Waals surface area (Å²) in [6.07, 6.45) is 0.639. The monoisotopic (exact) mass is 523 g/mol. The first-order valence-corrected chi connectivity index (χ1v) is 12.8. The normalized spacial score (nSPS) is 28.4. The molecule has 0 radical (unpaired) electrons. The molecule has 2 aromatic heterocycles. The van der Waals surface area contributed by atoms with Crippen LogP contribution in [0.2, 0.25) is 5.02 Å². The van der Waals surface area contributed by atoms with Crippen LogP contribution in [0.5, 0.6) is 0 Å². The van der Waals surface area contributed by atoms with Crippen LogP contribution in [0.1, 0.15) is 42.6 Å². The molecule has 3 fully saturated rings. The molecule has 186 valence electrons. The minimum Gasteiger partial charge on any atom is -0.356 e. The van der Waals surface area contributed by atoms with E-state index in [4.69, 9.17) is 11.6 Å². The van der Waals surface area contributed by atoms with Crippen LogP contribution < -0.4 is 10.6 Å². The quantitative estimate of drug-likeness (QED) is 0.557. The van der Waals surface area contributed by atoms with Crippen LogP contribution in [0.4, 0.5) is 8.78 Å². The highest BCUT2D eigenvalue weighted by atomic mass is 35.5. The second kappa shape index (κ2) is 9.06. The summed E-state index contributed by atoms with van der Waals surface area (Å²) in [6.45, 7) is 0.608. The Morgan fingerprint density at radius 2 is 2.20 bits per heavy atom. The number of thiophene rings is 1. The molecule has 4 heterocycles. The first-order valence-electron chi connectivity index (χ1n) is 11.6. The maximum Gasteiger partial charge on any atom is 0.271 e. The number of nitriles is 1. The van der Waals surface area contributed by atoms with Crippen molar-refractivity contribution in [3.63, 3.8) is 0 Å². The van der Waals surface area contributed by atoms with Crippen LogP contribution in [-0.2, 0) is 9.59 Å². The molecule has 3 amide bonds. The molecule has 2 aliphatic heterocycles. The molecule has 35 heavy (non-hydrogen) atoms. The van der Waals surface area contributed by atoms with Crippen molar-refractivity contribution < 1.29 is 23.2 Å². The van der Waals surface area contributed by atoms with Gasteiger partial charge in [-0.15, -0.1) is 11.3 Å². The molecule has 0 spiro atoms. The number of hydrogen-bond acceptors (Lipinski definition) is 5. The lowest BCUT2D eigenvalue weighted by Gasteiger charge is -2.29. The number of alkyl halides is 2. The zero-order chi connectivity index (χ0) is 24.9. The molecule has 2 saturated heterocycles. The molecule has 0 aromatic carbocycles. The number of hydrogen-bond donors (Lipinski definition) is 3. The van der Waals surface area contributed by atoms with Gasteiger partial charge in [0, 0.05) is 37.2 Å². The number of carbonyl (C=O) groups excluding carboxylic acids is 3. The fraction of sp³-hybridized carbons (Fsp3) is 0.565. The van der Waals surface area contributed by atoms with Crippen LogP contribution in [0.15, 0.2) is 11.4 Å². The molecule has 8 nitrogen and oxygen atoms in total. The molecular weight excluding hydrogens is 500 g/mol. The number of aromatic nitrogens is 1. The summed E-state index contributed by atoms with van der Waals surface area (Å²) in [4.78, 5) is 43.2. The predicted molar refractivity (Wildman–Crippen MR) is 125 cm³/mol. The third-order valence-electron chi connectivity index (χ3n) is 7.33. The Balaban J connectivity index is 1.37. The van der Waals surface area contributed by atoms with Crippen LogP contribution in [0.3, 0.4) is 0 Å². The summed E-state index contributed by atoms with van der Waals surface area (Å²) >= 11 is 7.52. The third kappa shape index (κ3) is 4.49. The number of nitrogens with zero attached hydrogens (tertiary/aromatic N) is 2. The molecule has 12 heteroatoms. The van der Waals surface area contributed by atoms with E-state index in [-0.39, 0.29) is 31.0 Å². The molecule has 0 bridgehead atoms. The number of carbonyl (C=O) groups is 3. The van der Waals surface area contributed by atoms with Crippen molar-refractivity contribution in [1.82, 2.24) is 20.5 Å². The first-order chi connectivity index (χ1) is 16.7. The van der Waals surface area contributed by atoms with Crippen molar-refractivity contribution in [3.05, 3.63) is 22.2 Å². The minimum atomic E-state index is -2.90. The standard InChI is InChI=1S/C23H24ClF2N5O3S/c24-15-10-35-17-5-16(30-18(15)17)22(34)31-9-12-6-23(25,26)7-14(12)19(31)21(33)29-13(8-27)4-11-2-1-3-28-20(11)32/h5,10-14,19,30H,1-4,6-7,9H2,(H,28,32)(H,29,33)/t11-,12+,13-,14+,19-/m0/s1. The number of likely N-dealkylation sites (tertiary alicyclic amines) is 1. The van der Waals surface area contributed by atoms with Crippen molar-refractivity contribution >= 4 is 50.9 Å². The lowest BCUT2D eigenvalue weighted by atomic mass is 9.90. The zero-order valence-corrected chi connectivity index (χ0v) is 20.2. The largest absolute Gasteiger partial charge is 0.356 e. The minimum absolute atomic E-state index is 0.0276. The van der Waals surface area contributed by atoms with Gasteiger partial charge in [-0.1, -0.05) is 11.6 Å². The number of amides is 3. The molecule has 5 atom stereocenters. The van der Waals surface area contributed by atoms with E-state index in [1.54, 1.807) is 11.4 Å². The molecule has 1 aliphatic carbocycles. The van der Waals surface area contributed by atoms with E-state index in [0.717, 1.165) is 11.1 Å². The number of piperidine rings is 1. The maximum atomic E-state index is 14.2. The van der Waals surface area contributed by atoms with Crippen LogP contribution in [0.25, 0.3) is 10.2 Å². The Labute approximate surface area is 209 Å². The van der Waals surface area contributed by atoms with E-state index in [2.05, 4.69) is 15.6 Å². The van der Waals surface area contributed by atoms with E-state index in [1.807, 2.05) is 6.07 Å². The van der Waals surface area contributed by atoms with Gasteiger partial charge in [0.05, 0.1) is 21.3 Å². The topological polar surface area (TPSA) is 118 Å². The van der Waals surface area contributed by atoms with Crippen LogP contribution in [-0.4, -0.2) is 58.7 Å². The number of H-pyrrole nitrogens is 1. The van der Waals surface area contributed by atoms with Crippen molar-refractivity contribution in [1.29, 1.82) is 5.26 Å². The van der Waals surface area contributed by atoms with Gasteiger partial charge in [-0.25, -0.2) is 8.78 Å². The molecule has 1 saturated carbocycles. The predicted octanol–water partition coefficient (Wildman–Crippen LogP) is 3.29. The fourth-order valence-electron chi connectivity index (χ4n) is 5.74. The Hall–Kier alpha value is -2.71. The zero-order valence-electron chi connectivity index (χ0n) is 18.7. The van der Waals surface area contributed by atoms with Crippen LogP contribution in [0, 0.1) is 29.1 Å². The number of rotatable bonds is 5. The molecule has 5 rings (SSSR count). The molecule has 3 N–H and O–H groups in total. The van der Waals surface area contributed by atoms with Crippen molar-refractivity contribution in [2.75, 3.05) is 13.1 Å². The van der Waals surface area contributed by atoms with E-state index >= 15 is 0 Å². The highest BCUT2D eigenvalue weighted by molar-refractivity contribution is 7.17. The lowest BCUT2D eigenvalue weighted by Crippen LogP contribution is -2.52. The number of fused-ring (bicyclic) bond motifs is 2. The fourth-order valence-corrected chi connectivity index (χ4v) is 6.89. The Morgan fingerprint density at radius 3 is 2.91 bits per heavy atom. The molecule has 2 aromatic rings. The van der Waals surface area contributed by atoms with Gasteiger partial charge in [0.25, 0.3) is 5.91 Å². The van der Waals surface area contributed by atoms with Gasteiger partial charge in [0.2, 0.25) is 17.7 Å². The summed E-state index contributed by atoms with van der Waals surface area (Å²) < 4.78 is 29.2. The van der Waals surface area contributed by atoms with Crippen molar-refractivity contribution in [2.24, 2.45) is 17.8 Å². The summed E-state index contributed by atoms with van der Waals surface area (Å²) in [5, 5.41) is 17.2. The summed E-state index contributed by atoms with van der Waals surface area (Å²) in [5.41, 5.74) is 0.844. The lowest BCUT2D eigenvalue weighted by molar-refractivity contribution is -0.129. The molecule has 3 aliphatic rings. The van der Waals surface area contributed by atoms with E-state index in [0.29, 0.717) is 23.5 Å². The highest BCUT2D eigenvalue weighted by Crippen LogP contribution is 2.50. The SMILES string of the molecule is N#C[C@H](C[C@@H]1CCCNC1=O)NC(=O)[C@@H]1[C@@H]2CC(F)(F)C[C@@H]2CN1C(=O)c1cc2scc(Cl)c2[nH]1. The van der Waals surface area contributed by atoms with Gasteiger partial charge in [-0.2, -0.15) is 5.26 Å². The summed E-state index contributed by atoms with van der Waals surface area (Å²) in [5.74, 6) is -5.82. The average Bonchev–Trinajstić information content (AvgIpc) is 3.54. The van der Waals surface area contributed by atoms with Gasteiger partial charge < -0.3 is 20.5 Å². The van der Waals surface area contributed by atoms with Crippen molar-refractivity contribution in [3.8, 4) is 6.07 Å². The third-order valence-corrected chi connectivity index (χ3v) is 8.69. The molecule has 0 unspecified atom stereocenters. The van der Waals surface area contributed by atoms with Gasteiger partial charge in [-0.05, 0) is 37.2 Å². The first kappa shape index (κ1) is 24.0. The maximum absolute atomic E-state index is 14.2. The number of aromatic amines is 1. The Morgan fingerprint density at radius 1 is 1.40 bits per heavy atom. The average molecular weight is 524 g/mol. The van der Waals surface area contributed by atoms with Gasteiger partial charge in [0.1, 0.15) is 17.8 Å². The summed E-state index contributed by atoms with van der Waals surface area (Å²) in [7, 11) is 0. The smallest absolute Gasteiger partial charge is 0.271 e. The van der Waals surface area contributed by atoms with Crippen LogP contribution >= 0.6 is 22.9 Å². The highest BCUT2D eigenvalue weighted by Gasteiger charge is 2.58.